The molecule has 0 aliphatic rings. The molecule has 0 aliphatic carbocycles. The lowest BCUT2D eigenvalue weighted by Gasteiger charge is -2.15. The van der Waals surface area contributed by atoms with E-state index < -0.39 is 0 Å². The van der Waals surface area contributed by atoms with Crippen LogP contribution in [0.1, 0.15) is 33.4 Å². The number of nitrogens with zero attached hydrogens (tertiary/aromatic N) is 3. The van der Waals surface area contributed by atoms with Crippen molar-refractivity contribution in [3.05, 3.63) is 204 Å². The molecule has 8 aromatic rings. The van der Waals surface area contributed by atoms with Crippen LogP contribution in [0.3, 0.4) is 0 Å². The van der Waals surface area contributed by atoms with Crippen LogP contribution >= 0.6 is 0 Å². The van der Waals surface area contributed by atoms with Crippen molar-refractivity contribution in [1.29, 1.82) is 0 Å². The van der Waals surface area contributed by atoms with Crippen molar-refractivity contribution in [2.24, 2.45) is 0 Å². The van der Waals surface area contributed by atoms with Crippen molar-refractivity contribution >= 4 is 0 Å². The molecule has 0 unspecified atom stereocenters. The number of rotatable bonds is 11. The van der Waals surface area contributed by atoms with Crippen LogP contribution in [-0.4, -0.2) is 20.1 Å². The van der Waals surface area contributed by atoms with Gasteiger partial charge in [0.05, 0.1) is 17.1 Å². The lowest BCUT2D eigenvalue weighted by atomic mass is 9.90. The highest BCUT2D eigenvalue weighted by molar-refractivity contribution is 5.84. The van der Waals surface area contributed by atoms with Crippen molar-refractivity contribution in [1.82, 2.24) is 15.0 Å². The normalized spacial score (nSPS) is 11.1. The Morgan fingerprint density at radius 1 is 0.382 bits per heavy atom. The summed E-state index contributed by atoms with van der Waals surface area (Å²) in [7, 11) is 0. The van der Waals surface area contributed by atoms with E-state index >= 15 is 0 Å². The molecule has 268 valence electrons. The second kappa shape index (κ2) is 16.2. The maximum absolute atomic E-state index is 10.0. The Balaban J connectivity index is 1.10. The van der Waals surface area contributed by atoms with Gasteiger partial charge in [-0.2, -0.15) is 0 Å². The standard InChI is InChI=1S/C51H43N3O/c1-35-26-50(39-12-5-3-6-13-39)53-32-42(35)22-20-37-28-38(21-23-43-33-54-51(27-36(43)2)40-14-7-4-8-15-40)30-45(29-37)48-19-10-9-18-47(48)44-24-25-49(52-34-44)41-16-11-17-46(55)31-41/h3-19,24-34,55H,20-23H2,1-2H3. The highest BCUT2D eigenvalue weighted by Gasteiger charge is 2.13. The molecule has 0 fully saturated rings. The van der Waals surface area contributed by atoms with Crippen molar-refractivity contribution in [2.75, 3.05) is 0 Å². The SMILES string of the molecule is Cc1cc(-c2ccccc2)ncc1CCc1cc(CCc2cnc(-c3ccccc3)cc2C)cc(-c2ccccc2-c2ccc(-c3cccc(O)c3)nc2)c1. The minimum Gasteiger partial charge on any atom is -0.508 e. The molecule has 0 spiro atoms. The van der Waals surface area contributed by atoms with Crippen molar-refractivity contribution in [3.8, 4) is 61.8 Å². The highest BCUT2D eigenvalue weighted by atomic mass is 16.3. The van der Waals surface area contributed by atoms with Crippen LogP contribution < -0.4 is 0 Å². The zero-order valence-corrected chi connectivity index (χ0v) is 31.3. The molecule has 8 rings (SSSR count). The lowest BCUT2D eigenvalue weighted by molar-refractivity contribution is 0.475. The summed E-state index contributed by atoms with van der Waals surface area (Å²) in [6.07, 6.45) is 9.67. The van der Waals surface area contributed by atoms with Gasteiger partial charge in [-0.3, -0.25) is 15.0 Å². The molecule has 4 heteroatoms. The molecule has 0 radical (unpaired) electrons. The Labute approximate surface area is 323 Å². The molecule has 3 aromatic heterocycles. The number of aromatic hydroxyl groups is 1. The Kier molecular flexibility index (Phi) is 10.4. The van der Waals surface area contributed by atoms with Gasteiger partial charge in [-0.1, -0.05) is 121 Å². The van der Waals surface area contributed by atoms with Gasteiger partial charge in [0.1, 0.15) is 5.75 Å². The molecule has 0 saturated heterocycles. The first-order chi connectivity index (χ1) is 27.0. The van der Waals surface area contributed by atoms with E-state index in [4.69, 9.17) is 15.0 Å². The molecular weight excluding hydrogens is 671 g/mol. The number of hydrogen-bond donors (Lipinski definition) is 1. The molecule has 0 amide bonds. The van der Waals surface area contributed by atoms with E-state index in [-0.39, 0.29) is 5.75 Å². The molecule has 3 heterocycles. The molecule has 4 nitrogen and oxygen atoms in total. The van der Waals surface area contributed by atoms with Gasteiger partial charge in [0.25, 0.3) is 0 Å². The second-order valence-corrected chi connectivity index (χ2v) is 14.3. The smallest absolute Gasteiger partial charge is 0.116 e. The van der Waals surface area contributed by atoms with E-state index in [1.807, 2.05) is 36.5 Å². The van der Waals surface area contributed by atoms with Crippen LogP contribution in [0, 0.1) is 13.8 Å². The van der Waals surface area contributed by atoms with Gasteiger partial charge >= 0.3 is 0 Å². The summed E-state index contributed by atoms with van der Waals surface area (Å²) < 4.78 is 0. The zero-order chi connectivity index (χ0) is 37.6. The summed E-state index contributed by atoms with van der Waals surface area (Å²) in [6.45, 7) is 4.39. The largest absolute Gasteiger partial charge is 0.508 e. The van der Waals surface area contributed by atoms with E-state index in [9.17, 15) is 5.11 Å². The second-order valence-electron chi connectivity index (χ2n) is 14.3. The van der Waals surface area contributed by atoms with Crippen molar-refractivity contribution in [2.45, 2.75) is 39.5 Å². The first kappa shape index (κ1) is 35.4. The lowest BCUT2D eigenvalue weighted by Crippen LogP contribution is -2.00. The van der Waals surface area contributed by atoms with Gasteiger partial charge in [-0.05, 0) is 120 Å². The van der Waals surface area contributed by atoms with E-state index in [2.05, 4.69) is 135 Å². The minimum atomic E-state index is 0.232. The maximum atomic E-state index is 10.0. The van der Waals surface area contributed by atoms with Crippen LogP contribution in [0.4, 0.5) is 0 Å². The highest BCUT2D eigenvalue weighted by Crippen LogP contribution is 2.35. The fourth-order valence-corrected chi connectivity index (χ4v) is 7.37. The molecular formula is C51H43N3O. The van der Waals surface area contributed by atoms with Gasteiger partial charge in [0, 0.05) is 40.8 Å². The zero-order valence-electron chi connectivity index (χ0n) is 31.3. The minimum absolute atomic E-state index is 0.232. The Hall–Kier alpha value is -6.65. The average Bonchev–Trinajstić information content (AvgIpc) is 3.23. The Bertz CT molecular complexity index is 2450. The molecule has 55 heavy (non-hydrogen) atoms. The summed E-state index contributed by atoms with van der Waals surface area (Å²) in [5, 5.41) is 10.0. The summed E-state index contributed by atoms with van der Waals surface area (Å²) >= 11 is 0. The number of aromatic nitrogens is 3. The Morgan fingerprint density at radius 2 is 0.891 bits per heavy atom. The molecule has 0 bridgehead atoms. The van der Waals surface area contributed by atoms with Gasteiger partial charge in [0.15, 0.2) is 0 Å². The van der Waals surface area contributed by atoms with E-state index in [1.165, 1.54) is 44.5 Å². The third-order valence-electron chi connectivity index (χ3n) is 10.5. The summed E-state index contributed by atoms with van der Waals surface area (Å²) in [5.41, 5.74) is 18.2. The molecule has 0 atom stereocenters. The van der Waals surface area contributed by atoms with E-state index in [0.717, 1.165) is 70.6 Å². The van der Waals surface area contributed by atoms with Gasteiger partial charge in [0.2, 0.25) is 0 Å². The fraction of sp³-hybridized carbons (Fsp3) is 0.118. The quantitative estimate of drug-likeness (QED) is 0.145. The van der Waals surface area contributed by atoms with Gasteiger partial charge in [-0.25, -0.2) is 0 Å². The summed E-state index contributed by atoms with van der Waals surface area (Å²) in [5.74, 6) is 0.232. The predicted octanol–water partition coefficient (Wildman–Crippen LogP) is 12.1. The number of phenols is 1. The van der Waals surface area contributed by atoms with Crippen LogP contribution in [0.15, 0.2) is 170 Å². The molecule has 5 aromatic carbocycles. The van der Waals surface area contributed by atoms with Gasteiger partial charge < -0.3 is 5.11 Å². The summed E-state index contributed by atoms with van der Waals surface area (Å²) in [4.78, 5) is 14.5. The molecule has 0 saturated carbocycles. The number of benzene rings is 5. The van der Waals surface area contributed by atoms with Crippen molar-refractivity contribution < 1.29 is 5.11 Å². The summed E-state index contributed by atoms with van der Waals surface area (Å²) in [6, 6.07) is 52.3. The van der Waals surface area contributed by atoms with Crippen molar-refractivity contribution in [3.63, 3.8) is 0 Å². The van der Waals surface area contributed by atoms with Crippen LogP contribution in [0.2, 0.25) is 0 Å². The number of hydrogen-bond acceptors (Lipinski definition) is 4. The first-order valence-corrected chi connectivity index (χ1v) is 19.0. The van der Waals surface area contributed by atoms with E-state index in [1.54, 1.807) is 12.1 Å². The number of aryl methyl sites for hydroxylation is 6. The van der Waals surface area contributed by atoms with E-state index in [0.29, 0.717) is 0 Å². The van der Waals surface area contributed by atoms with Crippen LogP contribution in [0.5, 0.6) is 5.75 Å². The van der Waals surface area contributed by atoms with Crippen LogP contribution in [0.25, 0.3) is 56.0 Å². The molecule has 0 aliphatic heterocycles. The predicted molar refractivity (Wildman–Crippen MR) is 226 cm³/mol. The fourth-order valence-electron chi connectivity index (χ4n) is 7.37. The monoisotopic (exact) mass is 713 g/mol. The first-order valence-electron chi connectivity index (χ1n) is 19.0. The third-order valence-corrected chi connectivity index (χ3v) is 10.5. The maximum Gasteiger partial charge on any atom is 0.116 e. The van der Waals surface area contributed by atoms with Gasteiger partial charge in [-0.15, -0.1) is 0 Å². The number of pyridine rings is 3. The van der Waals surface area contributed by atoms with Crippen LogP contribution in [-0.2, 0) is 25.7 Å². The average molecular weight is 714 g/mol. The topological polar surface area (TPSA) is 58.9 Å². The Morgan fingerprint density at radius 3 is 1.40 bits per heavy atom. The number of phenolic OH excluding ortho intramolecular Hbond substituents is 1. The molecule has 1 N–H and O–H groups in total. The third kappa shape index (κ3) is 8.30.